The first-order valence-corrected chi connectivity index (χ1v) is 12.3. The third kappa shape index (κ3) is 5.80. The average Bonchev–Trinajstić information content (AvgIpc) is 2.90. The van der Waals surface area contributed by atoms with E-state index in [1.165, 1.54) is 23.1 Å². The van der Waals surface area contributed by atoms with Gasteiger partial charge in [0.25, 0.3) is 11.8 Å². The Hall–Kier alpha value is -3.78. The van der Waals surface area contributed by atoms with Gasteiger partial charge in [-0.2, -0.15) is 0 Å². The number of pyridine rings is 1. The van der Waals surface area contributed by atoms with Crippen LogP contribution in [0.2, 0.25) is 0 Å². The molecule has 1 aromatic heterocycles. The molecular formula is C29H32FN3O4. The van der Waals surface area contributed by atoms with E-state index in [0.717, 1.165) is 16.7 Å². The smallest absolute Gasteiger partial charge is 0.259 e. The van der Waals surface area contributed by atoms with Crippen molar-refractivity contribution in [2.75, 3.05) is 26.7 Å². The number of fused-ring (bicyclic) bond motifs is 1. The van der Waals surface area contributed by atoms with Crippen LogP contribution in [0.4, 0.5) is 4.39 Å². The number of aliphatic hydroxyl groups is 1. The molecule has 2 amide bonds. The number of rotatable bonds is 6. The molecule has 0 spiro atoms. The number of carbonyl (C=O) groups excluding carboxylic acids is 2. The van der Waals surface area contributed by atoms with Gasteiger partial charge in [0.1, 0.15) is 17.5 Å². The fraction of sp³-hybridized carbons (Fsp3) is 0.345. The quantitative estimate of drug-likeness (QED) is 0.543. The lowest BCUT2D eigenvalue weighted by Gasteiger charge is -2.37. The van der Waals surface area contributed by atoms with E-state index in [2.05, 4.69) is 4.98 Å². The predicted octanol–water partition coefficient (Wildman–Crippen LogP) is 4.19. The van der Waals surface area contributed by atoms with Crippen molar-refractivity contribution in [1.29, 1.82) is 0 Å². The molecule has 0 fully saturated rings. The van der Waals surface area contributed by atoms with Gasteiger partial charge in [0, 0.05) is 36.8 Å². The molecule has 0 radical (unpaired) electrons. The van der Waals surface area contributed by atoms with Gasteiger partial charge in [-0.05, 0) is 43.7 Å². The van der Waals surface area contributed by atoms with Gasteiger partial charge in [-0.1, -0.05) is 42.8 Å². The van der Waals surface area contributed by atoms with Gasteiger partial charge in [-0.25, -0.2) is 9.37 Å². The summed E-state index contributed by atoms with van der Waals surface area (Å²) >= 11 is 0. The van der Waals surface area contributed by atoms with Crippen molar-refractivity contribution < 1.29 is 23.8 Å². The summed E-state index contributed by atoms with van der Waals surface area (Å²) in [6.07, 6.45) is 1.17. The minimum atomic E-state index is -0.500. The fourth-order valence-corrected chi connectivity index (χ4v) is 4.42. The maximum Gasteiger partial charge on any atom is 0.259 e. The van der Waals surface area contributed by atoms with E-state index in [-0.39, 0.29) is 42.3 Å². The van der Waals surface area contributed by atoms with Gasteiger partial charge in [0.15, 0.2) is 0 Å². The van der Waals surface area contributed by atoms with E-state index < -0.39 is 18.0 Å². The first-order valence-electron chi connectivity index (χ1n) is 12.3. The zero-order valence-corrected chi connectivity index (χ0v) is 21.5. The van der Waals surface area contributed by atoms with Gasteiger partial charge in [-0.15, -0.1) is 0 Å². The number of likely N-dealkylation sites (N-methyl/N-ethyl adjacent to an activating group) is 1. The Morgan fingerprint density at radius 1 is 1.22 bits per heavy atom. The van der Waals surface area contributed by atoms with Crippen LogP contribution < -0.4 is 4.74 Å². The number of halogens is 1. The fourth-order valence-electron chi connectivity index (χ4n) is 4.42. The molecule has 3 atom stereocenters. The van der Waals surface area contributed by atoms with Crippen LogP contribution in [0.1, 0.15) is 40.1 Å². The molecule has 194 valence electrons. The first-order chi connectivity index (χ1) is 17.7. The summed E-state index contributed by atoms with van der Waals surface area (Å²) in [6.45, 7) is 6.06. The van der Waals surface area contributed by atoms with Crippen molar-refractivity contribution >= 4 is 11.8 Å². The highest BCUT2D eigenvalue weighted by atomic mass is 19.1. The summed E-state index contributed by atoms with van der Waals surface area (Å²) in [7, 11) is 1.64. The highest BCUT2D eigenvalue weighted by Gasteiger charge is 2.35. The maximum atomic E-state index is 13.7. The summed E-state index contributed by atoms with van der Waals surface area (Å²) in [5, 5.41) is 9.87. The first kappa shape index (κ1) is 26.3. The van der Waals surface area contributed by atoms with Crippen molar-refractivity contribution in [3.63, 3.8) is 0 Å². The topological polar surface area (TPSA) is 83.0 Å². The zero-order valence-electron chi connectivity index (χ0n) is 21.5. The van der Waals surface area contributed by atoms with Crippen molar-refractivity contribution in [3.05, 3.63) is 83.3 Å². The Kier molecular flexibility index (Phi) is 7.88. The normalized spacial score (nSPS) is 18.3. The van der Waals surface area contributed by atoms with E-state index in [9.17, 15) is 19.1 Å². The highest BCUT2D eigenvalue weighted by molar-refractivity contribution is 5.98. The van der Waals surface area contributed by atoms with Crippen LogP contribution >= 0.6 is 0 Å². The van der Waals surface area contributed by atoms with Gasteiger partial charge >= 0.3 is 0 Å². The lowest BCUT2D eigenvalue weighted by atomic mass is 9.98. The summed E-state index contributed by atoms with van der Waals surface area (Å²) in [4.78, 5) is 34.2. The molecule has 0 unspecified atom stereocenters. The van der Waals surface area contributed by atoms with Crippen LogP contribution in [0.15, 0.2) is 60.8 Å². The second-order valence-corrected chi connectivity index (χ2v) is 9.76. The number of aryl methyl sites for hydroxylation is 1. The van der Waals surface area contributed by atoms with Crippen molar-refractivity contribution in [2.24, 2.45) is 5.92 Å². The van der Waals surface area contributed by atoms with E-state index >= 15 is 0 Å². The Balaban J connectivity index is 1.68. The number of ether oxygens (including phenoxy) is 1. The monoisotopic (exact) mass is 505 g/mol. The molecular weight excluding hydrogens is 473 g/mol. The molecule has 4 rings (SSSR count). The maximum absolute atomic E-state index is 13.7. The SMILES string of the molecule is Cc1ccc(-c2cnc3c(c2)C(=O)N([C@@H](C)CO)C[C@@H](C)[C@H](CN(C)C(=O)c2cccc(F)c2)O3)cc1. The number of hydrogen-bond acceptors (Lipinski definition) is 5. The van der Waals surface area contributed by atoms with Gasteiger partial charge in [0.2, 0.25) is 5.88 Å². The Morgan fingerprint density at radius 3 is 2.62 bits per heavy atom. The van der Waals surface area contributed by atoms with Gasteiger partial charge in [-0.3, -0.25) is 9.59 Å². The Labute approximate surface area is 216 Å². The van der Waals surface area contributed by atoms with Crippen molar-refractivity contribution in [2.45, 2.75) is 32.9 Å². The Bertz CT molecular complexity index is 1280. The minimum Gasteiger partial charge on any atom is -0.472 e. The molecule has 1 N–H and O–H groups in total. The van der Waals surface area contributed by atoms with E-state index in [0.29, 0.717) is 12.1 Å². The molecule has 0 saturated heterocycles. The molecule has 0 aliphatic carbocycles. The van der Waals surface area contributed by atoms with Crippen molar-refractivity contribution in [3.8, 4) is 17.0 Å². The van der Waals surface area contributed by atoms with E-state index in [1.54, 1.807) is 37.2 Å². The number of carbonyl (C=O) groups is 2. The zero-order chi connectivity index (χ0) is 26.7. The molecule has 8 heteroatoms. The molecule has 1 aliphatic rings. The third-order valence-electron chi connectivity index (χ3n) is 6.78. The summed E-state index contributed by atoms with van der Waals surface area (Å²) < 4.78 is 20.0. The average molecular weight is 506 g/mol. The lowest BCUT2D eigenvalue weighted by molar-refractivity contribution is 0.0313. The number of nitrogens with zero attached hydrogens (tertiary/aromatic N) is 3. The number of benzene rings is 2. The molecule has 0 saturated carbocycles. The third-order valence-corrected chi connectivity index (χ3v) is 6.78. The molecule has 7 nitrogen and oxygen atoms in total. The van der Waals surface area contributed by atoms with Crippen LogP contribution in [0.25, 0.3) is 11.1 Å². The molecule has 37 heavy (non-hydrogen) atoms. The second kappa shape index (κ2) is 11.1. The largest absolute Gasteiger partial charge is 0.472 e. The highest BCUT2D eigenvalue weighted by Crippen LogP contribution is 2.30. The second-order valence-electron chi connectivity index (χ2n) is 9.76. The summed E-state index contributed by atoms with van der Waals surface area (Å²) in [6, 6.07) is 14.8. The van der Waals surface area contributed by atoms with E-state index in [1.807, 2.05) is 38.1 Å². The van der Waals surface area contributed by atoms with Crippen LogP contribution in [-0.4, -0.2) is 70.6 Å². The minimum absolute atomic E-state index is 0.180. The lowest BCUT2D eigenvalue weighted by Crippen LogP contribution is -2.50. The van der Waals surface area contributed by atoms with Crippen LogP contribution in [-0.2, 0) is 0 Å². The predicted molar refractivity (Wildman–Crippen MR) is 139 cm³/mol. The molecule has 2 aromatic carbocycles. The summed E-state index contributed by atoms with van der Waals surface area (Å²) in [5.74, 6) is -1.10. The number of hydrogen-bond donors (Lipinski definition) is 1. The molecule has 2 heterocycles. The van der Waals surface area contributed by atoms with Crippen LogP contribution in [0.3, 0.4) is 0 Å². The van der Waals surface area contributed by atoms with Crippen LogP contribution in [0.5, 0.6) is 5.88 Å². The molecule has 0 bridgehead atoms. The number of aromatic nitrogens is 1. The van der Waals surface area contributed by atoms with Gasteiger partial charge < -0.3 is 19.6 Å². The van der Waals surface area contributed by atoms with Crippen molar-refractivity contribution in [1.82, 2.24) is 14.8 Å². The van der Waals surface area contributed by atoms with Crippen LogP contribution in [0, 0.1) is 18.7 Å². The van der Waals surface area contributed by atoms with E-state index in [4.69, 9.17) is 4.74 Å². The number of aliphatic hydroxyl groups excluding tert-OH is 1. The Morgan fingerprint density at radius 2 is 1.95 bits per heavy atom. The molecule has 3 aromatic rings. The molecule has 1 aliphatic heterocycles. The van der Waals surface area contributed by atoms with Gasteiger partial charge in [0.05, 0.1) is 19.2 Å². The standard InChI is InChI=1S/C29H32FN3O4/c1-18-8-10-21(11-9-18)23-13-25-27(31-14-23)37-26(19(2)15-33(29(25)36)20(3)17-34)16-32(4)28(35)22-6-5-7-24(30)12-22/h5-14,19-20,26,34H,15-17H2,1-4H3/t19-,20+,26+/m1/s1. The number of amides is 2. The summed E-state index contributed by atoms with van der Waals surface area (Å²) in [5.41, 5.74) is 3.36.